The summed E-state index contributed by atoms with van der Waals surface area (Å²) in [6, 6.07) is 4.26. The summed E-state index contributed by atoms with van der Waals surface area (Å²) in [7, 11) is 1.72. The van der Waals surface area contributed by atoms with Gasteiger partial charge in [0.2, 0.25) is 5.91 Å². The van der Waals surface area contributed by atoms with Gasteiger partial charge in [-0.1, -0.05) is 18.0 Å². The largest absolute Gasteiger partial charge is 0.314 e. The minimum Gasteiger partial charge on any atom is -0.314 e. The van der Waals surface area contributed by atoms with Gasteiger partial charge in [-0.15, -0.1) is 0 Å². The highest BCUT2D eigenvalue weighted by Crippen LogP contribution is 2.38. The number of nitrogens with one attached hydrogen (secondary N) is 1. The van der Waals surface area contributed by atoms with Gasteiger partial charge in [-0.25, -0.2) is 4.39 Å². The van der Waals surface area contributed by atoms with E-state index in [-0.39, 0.29) is 17.0 Å². The molecule has 1 amide bonds. The van der Waals surface area contributed by atoms with Crippen LogP contribution in [-0.4, -0.2) is 25.5 Å². The second-order valence-corrected chi connectivity index (χ2v) is 6.14. The second-order valence-electron chi connectivity index (χ2n) is 5.74. The number of hydrogen-bond acceptors (Lipinski definition) is 2. The van der Waals surface area contributed by atoms with Gasteiger partial charge in [0.05, 0.1) is 11.1 Å². The van der Waals surface area contributed by atoms with Crippen molar-refractivity contribution in [3.8, 4) is 0 Å². The van der Waals surface area contributed by atoms with E-state index in [1.54, 1.807) is 18.0 Å². The zero-order valence-electron chi connectivity index (χ0n) is 11.4. The van der Waals surface area contributed by atoms with E-state index in [0.29, 0.717) is 17.5 Å². The second kappa shape index (κ2) is 5.34. The SMILES string of the molecule is CN(C(=O)[C@H]1NC[C@@H]2CCC[C@@H]21)c1ccc(F)c(Cl)c1. The molecule has 1 saturated carbocycles. The van der Waals surface area contributed by atoms with E-state index in [4.69, 9.17) is 11.6 Å². The lowest BCUT2D eigenvalue weighted by Gasteiger charge is -2.25. The molecule has 2 aliphatic rings. The van der Waals surface area contributed by atoms with Crippen LogP contribution < -0.4 is 10.2 Å². The maximum Gasteiger partial charge on any atom is 0.244 e. The molecular weight excluding hydrogens is 279 g/mol. The lowest BCUT2D eigenvalue weighted by atomic mass is 9.93. The van der Waals surface area contributed by atoms with Crippen molar-refractivity contribution >= 4 is 23.2 Å². The van der Waals surface area contributed by atoms with Crippen LogP contribution in [0.2, 0.25) is 5.02 Å². The molecule has 0 aromatic heterocycles. The normalized spacial score (nSPS) is 28.4. The van der Waals surface area contributed by atoms with E-state index >= 15 is 0 Å². The minimum atomic E-state index is -0.467. The topological polar surface area (TPSA) is 32.3 Å². The standard InChI is InChI=1S/C15H18ClFN2O/c1-19(10-5-6-13(17)12(16)7-10)15(20)14-11-4-2-3-9(11)8-18-14/h5-7,9,11,14,18H,2-4,8H2,1H3/t9-,11-,14-/m0/s1. The molecule has 1 aromatic carbocycles. The van der Waals surface area contributed by atoms with Crippen LogP contribution in [0.4, 0.5) is 10.1 Å². The Morgan fingerprint density at radius 2 is 2.25 bits per heavy atom. The fraction of sp³-hybridized carbons (Fsp3) is 0.533. The number of carbonyl (C=O) groups is 1. The molecule has 3 atom stereocenters. The lowest BCUT2D eigenvalue weighted by molar-refractivity contribution is -0.120. The monoisotopic (exact) mass is 296 g/mol. The molecule has 1 aliphatic heterocycles. The Balaban J connectivity index is 1.77. The summed E-state index contributed by atoms with van der Waals surface area (Å²) in [5.74, 6) is 0.656. The summed E-state index contributed by atoms with van der Waals surface area (Å²) in [6.45, 7) is 0.930. The molecule has 3 nitrogen and oxygen atoms in total. The van der Waals surface area contributed by atoms with Crippen LogP contribution in [-0.2, 0) is 4.79 Å². The third kappa shape index (κ3) is 2.31. The van der Waals surface area contributed by atoms with Gasteiger partial charge in [0.1, 0.15) is 5.82 Å². The molecule has 0 bridgehead atoms. The van der Waals surface area contributed by atoms with E-state index in [2.05, 4.69) is 5.32 Å². The van der Waals surface area contributed by atoms with Crippen LogP contribution >= 0.6 is 11.6 Å². The summed E-state index contributed by atoms with van der Waals surface area (Å²) in [5.41, 5.74) is 0.629. The number of anilines is 1. The average molecular weight is 297 g/mol. The van der Waals surface area contributed by atoms with Crippen molar-refractivity contribution in [3.63, 3.8) is 0 Å². The Bertz CT molecular complexity index is 537. The van der Waals surface area contributed by atoms with Gasteiger partial charge in [0.25, 0.3) is 0 Å². The number of fused-ring (bicyclic) bond motifs is 1. The summed E-state index contributed by atoms with van der Waals surface area (Å²) < 4.78 is 13.2. The van der Waals surface area contributed by atoms with Crippen LogP contribution in [0.5, 0.6) is 0 Å². The number of hydrogen-bond donors (Lipinski definition) is 1. The zero-order valence-corrected chi connectivity index (χ0v) is 12.2. The van der Waals surface area contributed by atoms with E-state index in [0.717, 1.165) is 13.0 Å². The fourth-order valence-electron chi connectivity index (χ4n) is 3.49. The Hall–Kier alpha value is -1.13. The Morgan fingerprint density at radius 1 is 1.45 bits per heavy atom. The summed E-state index contributed by atoms with van der Waals surface area (Å²) in [6.07, 6.45) is 3.55. The molecule has 2 fully saturated rings. The molecule has 1 N–H and O–H groups in total. The molecule has 0 spiro atoms. The molecule has 0 unspecified atom stereocenters. The van der Waals surface area contributed by atoms with Crippen LogP contribution in [0.25, 0.3) is 0 Å². The van der Waals surface area contributed by atoms with Gasteiger partial charge < -0.3 is 10.2 Å². The number of likely N-dealkylation sites (N-methyl/N-ethyl adjacent to an activating group) is 1. The molecule has 0 radical (unpaired) electrons. The quantitative estimate of drug-likeness (QED) is 0.910. The van der Waals surface area contributed by atoms with Crippen molar-refractivity contribution in [2.45, 2.75) is 25.3 Å². The number of benzene rings is 1. The Morgan fingerprint density at radius 3 is 3.00 bits per heavy atom. The van der Waals surface area contributed by atoms with E-state index in [1.165, 1.54) is 25.0 Å². The smallest absolute Gasteiger partial charge is 0.244 e. The Labute approximate surface area is 123 Å². The first-order valence-electron chi connectivity index (χ1n) is 7.04. The van der Waals surface area contributed by atoms with E-state index in [9.17, 15) is 9.18 Å². The summed E-state index contributed by atoms with van der Waals surface area (Å²) >= 11 is 5.78. The first-order valence-corrected chi connectivity index (χ1v) is 7.41. The highest BCUT2D eigenvalue weighted by Gasteiger charge is 2.43. The van der Waals surface area contributed by atoms with E-state index < -0.39 is 5.82 Å². The predicted molar refractivity (Wildman–Crippen MR) is 77.4 cm³/mol. The third-order valence-corrected chi connectivity index (χ3v) is 4.92. The maximum atomic E-state index is 13.2. The fourth-order valence-corrected chi connectivity index (χ4v) is 3.66. The molecule has 1 aliphatic carbocycles. The predicted octanol–water partition coefficient (Wildman–Crippen LogP) is 2.83. The van der Waals surface area contributed by atoms with Crippen molar-refractivity contribution in [3.05, 3.63) is 29.0 Å². The van der Waals surface area contributed by atoms with Gasteiger partial charge in [-0.05, 0) is 49.4 Å². The molecular formula is C15H18ClFN2O. The first-order chi connectivity index (χ1) is 9.58. The van der Waals surface area contributed by atoms with Gasteiger partial charge in [-0.3, -0.25) is 4.79 Å². The summed E-state index contributed by atoms with van der Waals surface area (Å²) in [5, 5.41) is 3.38. The molecule has 1 saturated heterocycles. The van der Waals surface area contributed by atoms with Crippen molar-refractivity contribution in [2.24, 2.45) is 11.8 Å². The zero-order chi connectivity index (χ0) is 14.3. The van der Waals surface area contributed by atoms with Crippen molar-refractivity contribution < 1.29 is 9.18 Å². The number of carbonyl (C=O) groups excluding carboxylic acids is 1. The van der Waals surface area contributed by atoms with E-state index in [1.807, 2.05) is 0 Å². The number of amides is 1. The third-order valence-electron chi connectivity index (χ3n) is 4.63. The minimum absolute atomic E-state index is 0.0419. The van der Waals surface area contributed by atoms with Gasteiger partial charge in [-0.2, -0.15) is 0 Å². The molecule has 1 heterocycles. The Kier molecular flexibility index (Phi) is 3.69. The van der Waals surface area contributed by atoms with Crippen molar-refractivity contribution in [2.75, 3.05) is 18.5 Å². The van der Waals surface area contributed by atoms with Crippen molar-refractivity contribution in [1.82, 2.24) is 5.32 Å². The average Bonchev–Trinajstić information content (AvgIpc) is 3.03. The van der Waals surface area contributed by atoms with Gasteiger partial charge in [0.15, 0.2) is 0 Å². The lowest BCUT2D eigenvalue weighted by Crippen LogP contribution is -2.44. The highest BCUT2D eigenvalue weighted by molar-refractivity contribution is 6.31. The molecule has 1 aromatic rings. The molecule has 5 heteroatoms. The van der Waals surface area contributed by atoms with Crippen LogP contribution in [0.3, 0.4) is 0 Å². The molecule has 108 valence electrons. The maximum absolute atomic E-state index is 13.2. The first kappa shape index (κ1) is 13.8. The van der Waals surface area contributed by atoms with Crippen LogP contribution in [0.15, 0.2) is 18.2 Å². The summed E-state index contributed by atoms with van der Waals surface area (Å²) in [4.78, 5) is 14.2. The van der Waals surface area contributed by atoms with Crippen LogP contribution in [0, 0.1) is 17.7 Å². The number of halogens is 2. The van der Waals surface area contributed by atoms with Crippen LogP contribution in [0.1, 0.15) is 19.3 Å². The molecule has 20 heavy (non-hydrogen) atoms. The number of rotatable bonds is 2. The number of nitrogens with zero attached hydrogens (tertiary/aromatic N) is 1. The molecule has 3 rings (SSSR count). The van der Waals surface area contributed by atoms with Gasteiger partial charge in [0, 0.05) is 12.7 Å². The van der Waals surface area contributed by atoms with Crippen molar-refractivity contribution in [1.29, 1.82) is 0 Å². The highest BCUT2D eigenvalue weighted by atomic mass is 35.5. The van der Waals surface area contributed by atoms with Gasteiger partial charge >= 0.3 is 0 Å².